The Labute approximate surface area is 114 Å². The van der Waals surface area contributed by atoms with Gasteiger partial charge >= 0.3 is 5.69 Å². The summed E-state index contributed by atoms with van der Waals surface area (Å²) in [6.07, 6.45) is 3.82. The van der Waals surface area contributed by atoms with E-state index in [0.717, 1.165) is 24.6 Å². The molecule has 4 nitrogen and oxygen atoms in total. The van der Waals surface area contributed by atoms with Crippen molar-refractivity contribution < 1.29 is 13.6 Å². The second kappa shape index (κ2) is 5.81. The number of ketones is 1. The number of hydrogen-bond donors (Lipinski definition) is 0. The first-order chi connectivity index (χ1) is 9.52. The largest absolute Gasteiger partial charge is 0.328 e. The van der Waals surface area contributed by atoms with Crippen LogP contribution in [-0.2, 0) is 13.1 Å². The van der Waals surface area contributed by atoms with Gasteiger partial charge in [-0.2, -0.15) is 0 Å². The number of rotatable bonds is 5. The van der Waals surface area contributed by atoms with Crippen molar-refractivity contribution in [1.29, 1.82) is 0 Å². The van der Waals surface area contributed by atoms with Crippen molar-refractivity contribution in [2.75, 3.05) is 0 Å². The van der Waals surface area contributed by atoms with E-state index in [1.165, 1.54) is 15.3 Å². The van der Waals surface area contributed by atoms with E-state index in [1.807, 2.05) is 6.92 Å². The van der Waals surface area contributed by atoms with Crippen molar-refractivity contribution >= 4 is 5.78 Å². The summed E-state index contributed by atoms with van der Waals surface area (Å²) in [4.78, 5) is 23.8. The van der Waals surface area contributed by atoms with Crippen molar-refractivity contribution in [3.63, 3.8) is 0 Å². The molecule has 0 aliphatic carbocycles. The summed E-state index contributed by atoms with van der Waals surface area (Å²) in [5, 5.41) is 0. The van der Waals surface area contributed by atoms with Crippen molar-refractivity contribution in [2.24, 2.45) is 0 Å². The summed E-state index contributed by atoms with van der Waals surface area (Å²) in [7, 11) is 0. The standard InChI is InChI=1S/C14H14F2N2O2/c1-2-5-17-6-7-18(14(17)20)9-13(19)11-8-10(15)3-4-12(11)16/h3-4,6-8H,2,5,9H2,1H3. The monoisotopic (exact) mass is 280 g/mol. The Morgan fingerprint density at radius 1 is 1.20 bits per heavy atom. The number of imidazole rings is 1. The minimum absolute atomic E-state index is 0.310. The van der Waals surface area contributed by atoms with E-state index in [-0.39, 0.29) is 17.8 Å². The first-order valence-electron chi connectivity index (χ1n) is 6.26. The fraction of sp³-hybridized carbons (Fsp3) is 0.286. The van der Waals surface area contributed by atoms with Crippen molar-refractivity contribution in [3.8, 4) is 0 Å². The van der Waals surface area contributed by atoms with Crippen LogP contribution in [0.15, 0.2) is 35.4 Å². The van der Waals surface area contributed by atoms with Gasteiger partial charge in [-0.3, -0.25) is 13.9 Å². The maximum Gasteiger partial charge on any atom is 0.328 e. The van der Waals surface area contributed by atoms with Crippen molar-refractivity contribution in [3.05, 3.63) is 58.3 Å². The summed E-state index contributed by atoms with van der Waals surface area (Å²) >= 11 is 0. The molecule has 1 aromatic carbocycles. The van der Waals surface area contributed by atoms with Crippen LogP contribution >= 0.6 is 0 Å². The van der Waals surface area contributed by atoms with E-state index in [1.54, 1.807) is 6.20 Å². The smallest absolute Gasteiger partial charge is 0.299 e. The zero-order valence-electron chi connectivity index (χ0n) is 11.0. The Bertz CT molecular complexity index is 689. The highest BCUT2D eigenvalue weighted by Crippen LogP contribution is 2.11. The van der Waals surface area contributed by atoms with Gasteiger partial charge in [-0.1, -0.05) is 6.92 Å². The second-order valence-electron chi connectivity index (χ2n) is 4.45. The maximum atomic E-state index is 13.5. The van der Waals surface area contributed by atoms with Crippen LogP contribution in [0.3, 0.4) is 0 Å². The lowest BCUT2D eigenvalue weighted by atomic mass is 10.1. The predicted molar refractivity (Wildman–Crippen MR) is 69.7 cm³/mol. The van der Waals surface area contributed by atoms with E-state index >= 15 is 0 Å². The molecule has 0 saturated carbocycles. The molecule has 0 atom stereocenters. The van der Waals surface area contributed by atoms with Gasteiger partial charge < -0.3 is 0 Å². The van der Waals surface area contributed by atoms with Crippen molar-refractivity contribution in [1.82, 2.24) is 9.13 Å². The summed E-state index contributed by atoms with van der Waals surface area (Å²) in [5.74, 6) is -2.12. The fourth-order valence-corrected chi connectivity index (χ4v) is 1.94. The molecule has 1 aromatic heterocycles. The number of aromatic nitrogens is 2. The van der Waals surface area contributed by atoms with Crippen LogP contribution in [0.5, 0.6) is 0 Å². The molecule has 20 heavy (non-hydrogen) atoms. The van der Waals surface area contributed by atoms with Gasteiger partial charge in [0.25, 0.3) is 0 Å². The van der Waals surface area contributed by atoms with E-state index in [9.17, 15) is 18.4 Å². The number of halogens is 2. The molecular formula is C14H14F2N2O2. The Morgan fingerprint density at radius 3 is 2.60 bits per heavy atom. The van der Waals surface area contributed by atoms with Crippen LogP contribution in [0.4, 0.5) is 8.78 Å². The average Bonchev–Trinajstić information content (AvgIpc) is 2.75. The van der Waals surface area contributed by atoms with E-state index < -0.39 is 17.4 Å². The minimum Gasteiger partial charge on any atom is -0.299 e. The molecule has 0 amide bonds. The van der Waals surface area contributed by atoms with Crippen LogP contribution in [0.25, 0.3) is 0 Å². The molecule has 0 fully saturated rings. The Balaban J connectivity index is 2.24. The second-order valence-corrected chi connectivity index (χ2v) is 4.45. The molecule has 1 heterocycles. The Hall–Kier alpha value is -2.24. The van der Waals surface area contributed by atoms with E-state index in [4.69, 9.17) is 0 Å². The van der Waals surface area contributed by atoms with Crippen LogP contribution in [0.1, 0.15) is 23.7 Å². The van der Waals surface area contributed by atoms with Crippen molar-refractivity contribution in [2.45, 2.75) is 26.4 Å². The summed E-state index contributed by atoms with van der Waals surface area (Å²) < 4.78 is 29.2. The van der Waals surface area contributed by atoms with Gasteiger partial charge in [0.2, 0.25) is 0 Å². The number of hydrogen-bond acceptors (Lipinski definition) is 2. The SMILES string of the molecule is CCCn1ccn(CC(=O)c2cc(F)ccc2F)c1=O. The highest BCUT2D eigenvalue weighted by molar-refractivity contribution is 5.96. The molecule has 6 heteroatoms. The third kappa shape index (κ3) is 2.84. The third-order valence-corrected chi connectivity index (χ3v) is 2.93. The minimum atomic E-state index is -0.794. The van der Waals surface area contributed by atoms with E-state index in [2.05, 4.69) is 0 Å². The van der Waals surface area contributed by atoms with E-state index in [0.29, 0.717) is 6.54 Å². The van der Waals surface area contributed by atoms with Gasteiger partial charge in [0.05, 0.1) is 12.1 Å². The van der Waals surface area contributed by atoms with Crippen LogP contribution in [0.2, 0.25) is 0 Å². The first kappa shape index (κ1) is 14.2. The van der Waals surface area contributed by atoms with Gasteiger partial charge in [-0.25, -0.2) is 13.6 Å². The quantitative estimate of drug-likeness (QED) is 0.788. The molecule has 0 saturated heterocycles. The molecule has 0 aliphatic rings. The molecule has 2 rings (SSSR count). The van der Waals surface area contributed by atoms with Gasteiger partial charge in [-0.05, 0) is 24.6 Å². The summed E-state index contributed by atoms with van der Waals surface area (Å²) in [5.41, 5.74) is -0.683. The van der Waals surface area contributed by atoms with Gasteiger partial charge in [0, 0.05) is 18.9 Å². The lowest BCUT2D eigenvalue weighted by molar-refractivity contribution is 0.0966. The third-order valence-electron chi connectivity index (χ3n) is 2.93. The van der Waals surface area contributed by atoms with Gasteiger partial charge in [0.1, 0.15) is 11.6 Å². The zero-order chi connectivity index (χ0) is 14.7. The lowest BCUT2D eigenvalue weighted by Gasteiger charge is -2.03. The van der Waals surface area contributed by atoms with Gasteiger partial charge in [-0.15, -0.1) is 0 Å². The molecular weight excluding hydrogens is 266 g/mol. The maximum absolute atomic E-state index is 13.5. The fourth-order valence-electron chi connectivity index (χ4n) is 1.94. The number of carbonyl (C=O) groups excluding carboxylic acids is 1. The topological polar surface area (TPSA) is 44.0 Å². The molecule has 0 radical (unpaired) electrons. The number of nitrogens with zero attached hydrogens (tertiary/aromatic N) is 2. The molecule has 0 N–H and O–H groups in total. The zero-order valence-corrected chi connectivity index (χ0v) is 11.0. The predicted octanol–water partition coefficient (Wildman–Crippen LogP) is 2.22. The molecule has 0 bridgehead atoms. The first-order valence-corrected chi connectivity index (χ1v) is 6.26. The molecule has 106 valence electrons. The van der Waals surface area contributed by atoms with Gasteiger partial charge in [0.15, 0.2) is 5.78 Å². The van der Waals surface area contributed by atoms with Crippen LogP contribution in [-0.4, -0.2) is 14.9 Å². The van der Waals surface area contributed by atoms with Crippen LogP contribution in [0, 0.1) is 11.6 Å². The lowest BCUT2D eigenvalue weighted by Crippen LogP contribution is -2.27. The number of benzene rings is 1. The van der Waals surface area contributed by atoms with Crippen LogP contribution < -0.4 is 5.69 Å². The molecule has 0 spiro atoms. The Morgan fingerprint density at radius 2 is 1.90 bits per heavy atom. The number of Topliss-reactive ketones (excluding diaryl/α,β-unsaturated/α-hetero) is 1. The molecule has 2 aromatic rings. The number of aryl methyl sites for hydroxylation is 1. The normalized spacial score (nSPS) is 10.8. The number of carbonyl (C=O) groups is 1. The summed E-state index contributed by atoms with van der Waals surface area (Å²) in [6.45, 7) is 2.17. The highest BCUT2D eigenvalue weighted by Gasteiger charge is 2.15. The molecule has 0 aliphatic heterocycles. The molecule has 0 unspecified atom stereocenters. The highest BCUT2D eigenvalue weighted by atomic mass is 19.1. The Kier molecular flexibility index (Phi) is 4.12. The average molecular weight is 280 g/mol. The summed E-state index contributed by atoms with van der Waals surface area (Å²) in [6, 6.07) is 2.68.